The fraction of sp³-hybridized carbons (Fsp3) is 0.361. The Labute approximate surface area is 282 Å². The van der Waals surface area contributed by atoms with Crippen LogP contribution >= 0.6 is 7.60 Å². The number of aliphatic hydroxyl groups excluding tert-OH is 1. The van der Waals surface area contributed by atoms with Crippen LogP contribution in [0.15, 0.2) is 97.3 Å². The van der Waals surface area contributed by atoms with E-state index in [1.807, 2.05) is 54.6 Å². The van der Waals surface area contributed by atoms with Crippen molar-refractivity contribution in [2.24, 2.45) is 0 Å². The van der Waals surface area contributed by atoms with E-state index in [1.54, 1.807) is 50.8 Å². The highest BCUT2D eigenvalue weighted by Crippen LogP contribution is 2.50. The van der Waals surface area contributed by atoms with Crippen molar-refractivity contribution >= 4 is 24.6 Å². The second-order valence-corrected chi connectivity index (χ2v) is 13.8. The summed E-state index contributed by atoms with van der Waals surface area (Å²) < 4.78 is 32.6. The van der Waals surface area contributed by atoms with Gasteiger partial charge < -0.3 is 18.9 Å². The molecule has 0 aliphatic rings. The van der Waals surface area contributed by atoms with Crippen LogP contribution in [0.5, 0.6) is 0 Å². The highest BCUT2D eigenvalue weighted by atomic mass is 31.2. The summed E-state index contributed by atoms with van der Waals surface area (Å²) in [4.78, 5) is 21.0. The van der Waals surface area contributed by atoms with E-state index < -0.39 is 13.0 Å². The normalized spacial score (nSPS) is 12.3. The summed E-state index contributed by atoms with van der Waals surface area (Å²) in [6.45, 7) is 7.51. The van der Waals surface area contributed by atoms with Crippen LogP contribution in [0.4, 0.5) is 5.82 Å². The lowest BCUT2D eigenvalue weighted by atomic mass is 9.68. The number of benzene rings is 3. The van der Waals surface area contributed by atoms with Crippen LogP contribution in [0, 0.1) is 0 Å². The maximum Gasteiger partial charge on any atom is 0.356 e. The minimum atomic E-state index is -3.55. The number of fused-ring (bicyclic) bond motifs is 1. The molecule has 0 atom stereocenters. The molecule has 2 heterocycles. The first-order chi connectivity index (χ1) is 23.2. The van der Waals surface area contributed by atoms with Crippen LogP contribution in [-0.4, -0.2) is 63.4 Å². The SMILES string of the molecule is CON(CCCO)c1nc(C(c2ccccc2)(c2ccccc2)c2ccccc2)nc2c1ncn2COCP(=O)(OC(C)C)OC(C)C. The molecule has 0 amide bonds. The zero-order valence-electron chi connectivity index (χ0n) is 28.1. The molecule has 0 saturated carbocycles. The molecule has 12 heteroatoms. The lowest BCUT2D eigenvalue weighted by Gasteiger charge is -2.35. The van der Waals surface area contributed by atoms with Gasteiger partial charge in [-0.15, -0.1) is 0 Å². The summed E-state index contributed by atoms with van der Waals surface area (Å²) in [6.07, 6.45) is 1.17. The average Bonchev–Trinajstić information content (AvgIpc) is 3.49. The molecule has 0 aliphatic heterocycles. The van der Waals surface area contributed by atoms with Gasteiger partial charge in [-0.3, -0.25) is 14.0 Å². The smallest absolute Gasteiger partial charge is 0.356 e. The lowest BCUT2D eigenvalue weighted by molar-refractivity contribution is 0.0715. The molecule has 1 N–H and O–H groups in total. The number of aromatic nitrogens is 4. The van der Waals surface area contributed by atoms with Crippen molar-refractivity contribution in [3.05, 3.63) is 120 Å². The molecular formula is C36H44N5O6P. The van der Waals surface area contributed by atoms with E-state index in [0.717, 1.165) is 16.7 Å². The number of imidazole rings is 1. The van der Waals surface area contributed by atoms with Gasteiger partial charge in [-0.2, -0.15) is 0 Å². The molecule has 2 aromatic heterocycles. The van der Waals surface area contributed by atoms with E-state index >= 15 is 0 Å². The summed E-state index contributed by atoms with van der Waals surface area (Å²) in [7, 11) is -1.99. The molecule has 0 bridgehead atoms. The Morgan fingerprint density at radius 2 is 1.35 bits per heavy atom. The molecule has 0 radical (unpaired) electrons. The number of rotatable bonds is 17. The lowest BCUT2D eigenvalue weighted by Crippen LogP contribution is -2.35. The Hall–Kier alpha value is -3.96. The molecule has 5 aromatic rings. The summed E-state index contributed by atoms with van der Waals surface area (Å²) >= 11 is 0. The molecule has 0 saturated heterocycles. The number of aliphatic hydroxyl groups is 1. The van der Waals surface area contributed by atoms with Crippen LogP contribution in [0.3, 0.4) is 0 Å². The molecule has 11 nitrogen and oxygen atoms in total. The van der Waals surface area contributed by atoms with Gasteiger partial charge in [-0.1, -0.05) is 91.0 Å². The third-order valence-corrected chi connectivity index (χ3v) is 9.58. The van der Waals surface area contributed by atoms with Gasteiger partial charge in [0.05, 0.1) is 25.6 Å². The van der Waals surface area contributed by atoms with Crippen LogP contribution in [0.1, 0.15) is 56.6 Å². The van der Waals surface area contributed by atoms with Gasteiger partial charge in [0.1, 0.15) is 12.1 Å². The van der Waals surface area contributed by atoms with Gasteiger partial charge in [0.15, 0.2) is 29.2 Å². The second kappa shape index (κ2) is 16.0. The predicted molar refractivity (Wildman–Crippen MR) is 186 cm³/mol. The maximum absolute atomic E-state index is 13.5. The monoisotopic (exact) mass is 673 g/mol. The van der Waals surface area contributed by atoms with Crippen LogP contribution in [0.2, 0.25) is 0 Å². The maximum atomic E-state index is 13.5. The minimum absolute atomic E-state index is 0.0256. The van der Waals surface area contributed by atoms with Gasteiger partial charge in [0, 0.05) is 13.2 Å². The van der Waals surface area contributed by atoms with E-state index in [1.165, 1.54) is 0 Å². The number of nitrogens with zero attached hydrogens (tertiary/aromatic N) is 5. The fourth-order valence-electron chi connectivity index (χ4n) is 5.79. The summed E-state index contributed by atoms with van der Waals surface area (Å²) in [5.41, 5.74) is 2.90. The van der Waals surface area contributed by atoms with E-state index in [-0.39, 0.29) is 31.9 Å². The van der Waals surface area contributed by atoms with Crippen molar-refractivity contribution in [2.45, 2.75) is 58.5 Å². The number of ether oxygens (including phenoxy) is 1. The molecule has 0 spiro atoms. The molecular weight excluding hydrogens is 629 g/mol. The summed E-state index contributed by atoms with van der Waals surface area (Å²) in [5, 5.41) is 11.3. The zero-order chi connectivity index (χ0) is 34.1. The van der Waals surface area contributed by atoms with Crippen molar-refractivity contribution in [1.82, 2.24) is 19.5 Å². The summed E-state index contributed by atoms with van der Waals surface area (Å²) in [5.74, 6) is 0.923. The third kappa shape index (κ3) is 7.68. The standard InChI is InChI=1S/C36H44N5O6P/c1-27(2)46-48(43,47-28(3)4)26-45-25-40-24-37-32-33(40)38-35(39-34(32)41(44-5)22-15-23-42)36(29-16-9-6-10-17-29,30-18-11-7-12-19-30)31-20-13-8-14-21-31/h6-14,16-21,24,27-28,42H,15,22-23,25-26H2,1-5H3. The van der Waals surface area contributed by atoms with E-state index in [0.29, 0.717) is 35.8 Å². The fourth-order valence-corrected chi connectivity index (χ4v) is 7.56. The Kier molecular flexibility index (Phi) is 11.8. The largest absolute Gasteiger partial charge is 0.396 e. The van der Waals surface area contributed by atoms with E-state index in [9.17, 15) is 9.67 Å². The Balaban J connectivity index is 1.73. The highest BCUT2D eigenvalue weighted by molar-refractivity contribution is 7.53. The van der Waals surface area contributed by atoms with Gasteiger partial charge in [-0.05, 0) is 50.8 Å². The first-order valence-electron chi connectivity index (χ1n) is 16.1. The van der Waals surface area contributed by atoms with Gasteiger partial charge in [-0.25, -0.2) is 20.0 Å². The van der Waals surface area contributed by atoms with Crippen molar-refractivity contribution in [1.29, 1.82) is 0 Å². The van der Waals surface area contributed by atoms with Crippen molar-refractivity contribution in [3.8, 4) is 0 Å². The Bertz CT molecular complexity index is 1680. The van der Waals surface area contributed by atoms with Gasteiger partial charge >= 0.3 is 7.60 Å². The zero-order valence-corrected chi connectivity index (χ0v) is 29.0. The van der Waals surface area contributed by atoms with Crippen molar-refractivity contribution in [3.63, 3.8) is 0 Å². The Morgan fingerprint density at radius 1 is 0.833 bits per heavy atom. The summed E-state index contributed by atoms with van der Waals surface area (Å²) in [6, 6.07) is 30.5. The molecule has 0 aliphatic carbocycles. The quantitative estimate of drug-likeness (QED) is 0.0632. The number of hydroxylamine groups is 1. The van der Waals surface area contributed by atoms with Crippen molar-refractivity contribution < 1.29 is 28.3 Å². The highest BCUT2D eigenvalue weighted by Gasteiger charge is 2.42. The molecule has 254 valence electrons. The van der Waals surface area contributed by atoms with Crippen molar-refractivity contribution in [2.75, 3.05) is 31.7 Å². The first-order valence-corrected chi connectivity index (χ1v) is 17.8. The number of anilines is 1. The molecule has 0 fully saturated rings. The Morgan fingerprint density at radius 3 is 1.81 bits per heavy atom. The average molecular weight is 674 g/mol. The first kappa shape index (κ1) is 35.3. The number of hydrogen-bond acceptors (Lipinski definition) is 10. The third-order valence-electron chi connectivity index (χ3n) is 7.60. The van der Waals surface area contributed by atoms with Gasteiger partial charge in [0.2, 0.25) is 0 Å². The second-order valence-electron chi connectivity index (χ2n) is 11.8. The number of hydrogen-bond donors (Lipinski definition) is 1. The van der Waals surface area contributed by atoms with E-state index in [4.69, 9.17) is 33.6 Å². The predicted octanol–water partition coefficient (Wildman–Crippen LogP) is 6.93. The van der Waals surface area contributed by atoms with Gasteiger partial charge in [0.25, 0.3) is 0 Å². The van der Waals surface area contributed by atoms with Crippen LogP contribution < -0.4 is 5.06 Å². The minimum Gasteiger partial charge on any atom is -0.396 e. The molecule has 3 aromatic carbocycles. The molecule has 48 heavy (non-hydrogen) atoms. The van der Waals surface area contributed by atoms with E-state index in [2.05, 4.69) is 36.4 Å². The topological polar surface area (TPSA) is 121 Å². The van der Waals surface area contributed by atoms with Crippen LogP contribution in [0.25, 0.3) is 11.2 Å². The van der Waals surface area contributed by atoms with Crippen LogP contribution in [-0.2, 0) is 35.3 Å². The molecule has 0 unspecified atom stereocenters. The molecule has 5 rings (SSSR count).